The van der Waals surface area contributed by atoms with Crippen LogP contribution in [0.1, 0.15) is 21.1 Å². The summed E-state index contributed by atoms with van der Waals surface area (Å²) in [6.07, 6.45) is 0.818. The third-order valence-electron chi connectivity index (χ3n) is 3.98. The fourth-order valence-electron chi connectivity index (χ4n) is 2.69. The first-order valence-corrected chi connectivity index (χ1v) is 8.72. The van der Waals surface area contributed by atoms with E-state index < -0.39 is 0 Å². The second-order valence-corrected chi connectivity index (χ2v) is 6.62. The monoisotopic (exact) mass is 340 g/mol. The van der Waals surface area contributed by atoms with E-state index in [-0.39, 0.29) is 5.91 Å². The molecule has 2 aromatic carbocycles. The highest BCUT2D eigenvalue weighted by Gasteiger charge is 2.15. The maximum Gasteiger partial charge on any atom is 0.273 e. The van der Waals surface area contributed by atoms with Crippen molar-refractivity contribution in [3.8, 4) is 0 Å². The largest absolute Gasteiger partial charge is 0.378 e. The molecule has 124 valence electrons. The molecule has 0 atom stereocenters. The van der Waals surface area contributed by atoms with Gasteiger partial charge in [-0.05, 0) is 22.8 Å². The lowest BCUT2D eigenvalue weighted by molar-refractivity contribution is 0.0791. The molecule has 0 N–H and O–H groups in total. The molecule has 5 heteroatoms. The number of methoxy groups -OCH3 is 1. The molecule has 0 saturated carbocycles. The van der Waals surface area contributed by atoms with Crippen LogP contribution < -0.4 is 0 Å². The molecule has 0 aliphatic rings. The van der Waals surface area contributed by atoms with Gasteiger partial charge in [0.2, 0.25) is 0 Å². The number of rotatable bonds is 6. The minimum Gasteiger partial charge on any atom is -0.378 e. The van der Waals surface area contributed by atoms with Crippen molar-refractivity contribution in [2.24, 2.45) is 0 Å². The topological polar surface area (TPSA) is 42.4 Å². The summed E-state index contributed by atoms with van der Waals surface area (Å²) in [5, 5.41) is 5.10. The molecule has 0 aliphatic carbocycles. The van der Waals surface area contributed by atoms with Crippen molar-refractivity contribution in [1.82, 2.24) is 9.88 Å². The van der Waals surface area contributed by atoms with Gasteiger partial charge in [-0.1, -0.05) is 42.5 Å². The number of hydrogen-bond acceptors (Lipinski definition) is 4. The molecule has 3 aromatic rings. The molecule has 0 bridgehead atoms. The van der Waals surface area contributed by atoms with E-state index in [0.717, 1.165) is 11.4 Å². The van der Waals surface area contributed by atoms with Gasteiger partial charge in [-0.25, -0.2) is 4.98 Å². The van der Waals surface area contributed by atoms with E-state index in [2.05, 4.69) is 35.3 Å². The Bertz CT molecular complexity index is 839. The van der Waals surface area contributed by atoms with Gasteiger partial charge in [-0.3, -0.25) is 4.79 Å². The fraction of sp³-hybridized carbons (Fsp3) is 0.263. The smallest absolute Gasteiger partial charge is 0.273 e. The molecule has 0 spiro atoms. The minimum atomic E-state index is -0.0474. The zero-order chi connectivity index (χ0) is 16.9. The van der Waals surface area contributed by atoms with Crippen molar-refractivity contribution in [3.05, 3.63) is 64.1 Å². The number of hydrogen-bond donors (Lipinski definition) is 0. The Hall–Kier alpha value is -2.24. The summed E-state index contributed by atoms with van der Waals surface area (Å²) in [6, 6.07) is 14.6. The Morgan fingerprint density at radius 1 is 1.21 bits per heavy atom. The molecule has 0 radical (unpaired) electrons. The second-order valence-electron chi connectivity index (χ2n) is 5.67. The fourth-order valence-corrected chi connectivity index (χ4v) is 3.43. The summed E-state index contributed by atoms with van der Waals surface area (Å²) >= 11 is 1.45. The van der Waals surface area contributed by atoms with E-state index in [1.165, 1.54) is 27.7 Å². The zero-order valence-corrected chi connectivity index (χ0v) is 14.7. The van der Waals surface area contributed by atoms with Crippen LogP contribution in [0, 0.1) is 0 Å². The van der Waals surface area contributed by atoms with Crippen LogP contribution in [-0.4, -0.2) is 36.5 Å². The van der Waals surface area contributed by atoms with Crippen LogP contribution in [0.2, 0.25) is 0 Å². The summed E-state index contributed by atoms with van der Waals surface area (Å²) < 4.78 is 5.05. The average molecular weight is 340 g/mol. The van der Waals surface area contributed by atoms with Crippen molar-refractivity contribution in [2.75, 3.05) is 20.7 Å². The van der Waals surface area contributed by atoms with Crippen LogP contribution in [0.3, 0.4) is 0 Å². The number of likely N-dealkylation sites (N-methyl/N-ethyl adjacent to an activating group) is 1. The Balaban J connectivity index is 1.67. The molecule has 3 rings (SSSR count). The lowest BCUT2D eigenvalue weighted by Crippen LogP contribution is -2.29. The van der Waals surface area contributed by atoms with Crippen LogP contribution in [0.5, 0.6) is 0 Å². The Kier molecular flexibility index (Phi) is 5.23. The van der Waals surface area contributed by atoms with Crippen molar-refractivity contribution in [3.63, 3.8) is 0 Å². The van der Waals surface area contributed by atoms with Gasteiger partial charge in [0.05, 0.1) is 6.61 Å². The van der Waals surface area contributed by atoms with Gasteiger partial charge in [0.15, 0.2) is 0 Å². The first kappa shape index (κ1) is 16.6. The quantitative estimate of drug-likeness (QED) is 0.686. The van der Waals surface area contributed by atoms with E-state index >= 15 is 0 Å². The van der Waals surface area contributed by atoms with Gasteiger partial charge in [0.1, 0.15) is 10.7 Å². The molecule has 0 aliphatic heterocycles. The molecule has 1 aromatic heterocycles. The SMILES string of the molecule is COCc1nc(C(=O)N(C)CCc2cccc3ccccc23)cs1. The third-order valence-corrected chi connectivity index (χ3v) is 4.80. The zero-order valence-electron chi connectivity index (χ0n) is 13.9. The molecule has 24 heavy (non-hydrogen) atoms. The van der Waals surface area contributed by atoms with Crippen LogP contribution in [0.25, 0.3) is 10.8 Å². The molecule has 1 heterocycles. The summed E-state index contributed by atoms with van der Waals surface area (Å²) in [5.41, 5.74) is 1.75. The van der Waals surface area contributed by atoms with E-state index in [1.54, 1.807) is 17.4 Å². The van der Waals surface area contributed by atoms with Gasteiger partial charge < -0.3 is 9.64 Å². The highest BCUT2D eigenvalue weighted by molar-refractivity contribution is 7.09. The summed E-state index contributed by atoms with van der Waals surface area (Å²) in [5.74, 6) is -0.0474. The molecular weight excluding hydrogens is 320 g/mol. The summed E-state index contributed by atoms with van der Waals surface area (Å²) in [4.78, 5) is 18.5. The summed E-state index contributed by atoms with van der Waals surface area (Å²) in [6.45, 7) is 1.10. The van der Waals surface area contributed by atoms with E-state index in [4.69, 9.17) is 4.74 Å². The standard InChI is InChI=1S/C19H20N2O2S/c1-21(19(22)17-13-24-18(20-17)12-23-2)11-10-15-8-5-7-14-6-3-4-9-16(14)15/h3-9,13H,10-12H2,1-2H3. The van der Waals surface area contributed by atoms with Gasteiger partial charge in [0, 0.05) is 26.1 Å². The van der Waals surface area contributed by atoms with Crippen molar-refractivity contribution >= 4 is 28.0 Å². The van der Waals surface area contributed by atoms with Gasteiger partial charge in [-0.15, -0.1) is 11.3 Å². The number of benzene rings is 2. The number of ether oxygens (including phenoxy) is 1. The third kappa shape index (κ3) is 3.63. The number of fused-ring (bicyclic) bond motifs is 1. The van der Waals surface area contributed by atoms with E-state index in [1.807, 2.05) is 19.2 Å². The molecule has 0 unspecified atom stereocenters. The molecule has 0 saturated heterocycles. The summed E-state index contributed by atoms with van der Waals surface area (Å²) in [7, 11) is 3.45. The molecule has 4 nitrogen and oxygen atoms in total. The molecular formula is C19H20N2O2S. The number of aromatic nitrogens is 1. The van der Waals surface area contributed by atoms with Crippen molar-refractivity contribution in [1.29, 1.82) is 0 Å². The maximum absolute atomic E-state index is 12.5. The first-order valence-electron chi connectivity index (χ1n) is 7.84. The Labute approximate surface area is 145 Å². The van der Waals surface area contributed by atoms with Gasteiger partial charge >= 0.3 is 0 Å². The number of amides is 1. The highest BCUT2D eigenvalue weighted by atomic mass is 32.1. The highest BCUT2D eigenvalue weighted by Crippen LogP contribution is 2.19. The van der Waals surface area contributed by atoms with Gasteiger partial charge in [-0.2, -0.15) is 0 Å². The average Bonchev–Trinajstić information content (AvgIpc) is 3.08. The number of carbonyl (C=O) groups is 1. The number of thiazole rings is 1. The van der Waals surface area contributed by atoms with Crippen LogP contribution in [0.15, 0.2) is 47.8 Å². The molecule has 1 amide bonds. The van der Waals surface area contributed by atoms with E-state index in [9.17, 15) is 4.79 Å². The van der Waals surface area contributed by atoms with Crippen molar-refractivity contribution < 1.29 is 9.53 Å². The first-order chi connectivity index (χ1) is 11.7. The number of carbonyl (C=O) groups excluding carboxylic acids is 1. The Morgan fingerprint density at radius 2 is 2.00 bits per heavy atom. The number of nitrogens with zero attached hydrogens (tertiary/aromatic N) is 2. The van der Waals surface area contributed by atoms with E-state index in [0.29, 0.717) is 18.8 Å². The molecule has 0 fully saturated rings. The van der Waals surface area contributed by atoms with Crippen LogP contribution >= 0.6 is 11.3 Å². The minimum absolute atomic E-state index is 0.0474. The Morgan fingerprint density at radius 3 is 2.83 bits per heavy atom. The van der Waals surface area contributed by atoms with Crippen LogP contribution in [0.4, 0.5) is 0 Å². The predicted octanol–water partition coefficient (Wildman–Crippen LogP) is 3.76. The normalized spacial score (nSPS) is 10.9. The maximum atomic E-state index is 12.5. The second kappa shape index (κ2) is 7.55. The van der Waals surface area contributed by atoms with Gasteiger partial charge in [0.25, 0.3) is 5.91 Å². The lowest BCUT2D eigenvalue weighted by Gasteiger charge is -2.16. The predicted molar refractivity (Wildman–Crippen MR) is 97.4 cm³/mol. The van der Waals surface area contributed by atoms with Crippen LogP contribution in [-0.2, 0) is 17.8 Å². The lowest BCUT2D eigenvalue weighted by atomic mass is 10.0. The van der Waals surface area contributed by atoms with Crippen molar-refractivity contribution in [2.45, 2.75) is 13.0 Å².